The van der Waals surface area contributed by atoms with Crippen molar-refractivity contribution < 1.29 is 13.2 Å². The van der Waals surface area contributed by atoms with Gasteiger partial charge in [0.1, 0.15) is 6.54 Å². The molecule has 4 nitrogen and oxygen atoms in total. The number of allylic oxidation sites excluding steroid dienone is 1. The standard InChI is InChI=1S/C10H11F3N2O2/c1-7(2)5-14-3-4-15(6-10(11,12)13)9(17)8(14)16/h3-4H,1,5-6H2,2H3. The number of nitrogens with zero attached hydrogens (tertiary/aromatic N) is 2. The Morgan fingerprint density at radius 2 is 1.71 bits per heavy atom. The van der Waals surface area contributed by atoms with Crippen LogP contribution in [0.1, 0.15) is 6.92 Å². The first-order valence-electron chi connectivity index (χ1n) is 4.72. The van der Waals surface area contributed by atoms with E-state index in [2.05, 4.69) is 6.58 Å². The Hall–Kier alpha value is -1.79. The lowest BCUT2D eigenvalue weighted by atomic mass is 10.3. The first-order valence-corrected chi connectivity index (χ1v) is 4.72. The van der Waals surface area contributed by atoms with E-state index in [1.165, 1.54) is 0 Å². The lowest BCUT2D eigenvalue weighted by molar-refractivity contribution is -0.141. The molecule has 94 valence electrons. The molecule has 0 atom stereocenters. The van der Waals surface area contributed by atoms with Gasteiger partial charge in [-0.3, -0.25) is 9.59 Å². The molecule has 0 aliphatic carbocycles. The number of aromatic nitrogens is 2. The Morgan fingerprint density at radius 3 is 2.18 bits per heavy atom. The van der Waals surface area contributed by atoms with Crippen molar-refractivity contribution in [3.05, 3.63) is 45.3 Å². The summed E-state index contributed by atoms with van der Waals surface area (Å²) in [6.07, 6.45) is -2.44. The number of halogens is 3. The summed E-state index contributed by atoms with van der Waals surface area (Å²) < 4.78 is 37.6. The van der Waals surface area contributed by atoms with Gasteiger partial charge in [-0.25, -0.2) is 0 Å². The number of alkyl halides is 3. The van der Waals surface area contributed by atoms with Crippen molar-refractivity contribution in [1.29, 1.82) is 0 Å². The summed E-state index contributed by atoms with van der Waals surface area (Å²) in [5.74, 6) is 0. The Balaban J connectivity index is 3.16. The van der Waals surface area contributed by atoms with Crippen LogP contribution in [0.5, 0.6) is 0 Å². The maximum Gasteiger partial charge on any atom is 0.406 e. The molecule has 0 aliphatic heterocycles. The van der Waals surface area contributed by atoms with Crippen molar-refractivity contribution in [1.82, 2.24) is 9.13 Å². The molecule has 0 radical (unpaired) electrons. The summed E-state index contributed by atoms with van der Waals surface area (Å²) in [6.45, 7) is 3.85. The van der Waals surface area contributed by atoms with E-state index >= 15 is 0 Å². The minimum atomic E-state index is -4.53. The summed E-state index contributed by atoms with van der Waals surface area (Å²) in [5, 5.41) is 0. The molecule has 0 spiro atoms. The smallest absolute Gasteiger partial charge is 0.305 e. The largest absolute Gasteiger partial charge is 0.406 e. The lowest BCUT2D eigenvalue weighted by Gasteiger charge is -2.10. The fourth-order valence-corrected chi connectivity index (χ4v) is 1.28. The van der Waals surface area contributed by atoms with Gasteiger partial charge >= 0.3 is 17.3 Å². The SMILES string of the molecule is C=C(C)Cn1ccn(CC(F)(F)F)c(=O)c1=O. The fraction of sp³-hybridized carbons (Fsp3) is 0.400. The average molecular weight is 248 g/mol. The second-order valence-corrected chi connectivity index (χ2v) is 3.74. The van der Waals surface area contributed by atoms with E-state index in [0.717, 1.165) is 17.0 Å². The summed E-state index contributed by atoms with van der Waals surface area (Å²) in [5.41, 5.74) is -1.55. The normalized spacial score (nSPS) is 11.5. The molecule has 0 amide bonds. The molecule has 0 unspecified atom stereocenters. The van der Waals surface area contributed by atoms with Gasteiger partial charge in [-0.15, -0.1) is 0 Å². The highest BCUT2D eigenvalue weighted by molar-refractivity contribution is 4.94. The summed E-state index contributed by atoms with van der Waals surface area (Å²) in [6, 6.07) is 0. The zero-order valence-corrected chi connectivity index (χ0v) is 9.12. The first kappa shape index (κ1) is 13.3. The van der Waals surface area contributed by atoms with Crippen molar-refractivity contribution in [2.45, 2.75) is 26.2 Å². The third-order valence-corrected chi connectivity index (χ3v) is 1.92. The summed E-state index contributed by atoms with van der Waals surface area (Å²) >= 11 is 0. The molecule has 0 aliphatic rings. The van der Waals surface area contributed by atoms with E-state index in [4.69, 9.17) is 0 Å². The lowest BCUT2D eigenvalue weighted by Crippen LogP contribution is -2.42. The molecule has 1 aromatic rings. The molecule has 0 N–H and O–H groups in total. The molecule has 0 bridgehead atoms. The molecule has 1 rings (SSSR count). The Bertz CT molecular complexity index is 540. The molecule has 0 fully saturated rings. The quantitative estimate of drug-likeness (QED) is 0.595. The van der Waals surface area contributed by atoms with E-state index in [9.17, 15) is 22.8 Å². The van der Waals surface area contributed by atoms with E-state index in [-0.39, 0.29) is 6.54 Å². The Labute approximate surface area is 94.6 Å². The van der Waals surface area contributed by atoms with Gasteiger partial charge in [0.15, 0.2) is 0 Å². The zero-order chi connectivity index (χ0) is 13.2. The first-order chi connectivity index (χ1) is 7.70. The van der Waals surface area contributed by atoms with E-state index in [1.807, 2.05) is 0 Å². The van der Waals surface area contributed by atoms with Gasteiger partial charge in [-0.2, -0.15) is 13.2 Å². The van der Waals surface area contributed by atoms with E-state index < -0.39 is 23.8 Å². The third-order valence-electron chi connectivity index (χ3n) is 1.92. The zero-order valence-electron chi connectivity index (χ0n) is 9.12. The fourth-order valence-electron chi connectivity index (χ4n) is 1.28. The highest BCUT2D eigenvalue weighted by Gasteiger charge is 2.28. The maximum atomic E-state index is 12.1. The van der Waals surface area contributed by atoms with Gasteiger partial charge < -0.3 is 9.13 Å². The summed E-state index contributed by atoms with van der Waals surface area (Å²) in [4.78, 5) is 22.8. The molecule has 0 saturated heterocycles. The monoisotopic (exact) mass is 248 g/mol. The Kier molecular flexibility index (Phi) is 3.59. The van der Waals surface area contributed by atoms with Gasteiger partial charge in [0, 0.05) is 18.9 Å². The number of hydrogen-bond acceptors (Lipinski definition) is 2. The Morgan fingerprint density at radius 1 is 1.24 bits per heavy atom. The molecule has 1 heterocycles. The van der Waals surface area contributed by atoms with Crippen LogP contribution < -0.4 is 11.1 Å². The van der Waals surface area contributed by atoms with Crippen molar-refractivity contribution in [2.75, 3.05) is 0 Å². The van der Waals surface area contributed by atoms with Gasteiger partial charge in [0.05, 0.1) is 0 Å². The highest BCUT2D eigenvalue weighted by atomic mass is 19.4. The minimum absolute atomic E-state index is 0.112. The molecular formula is C10H11F3N2O2. The molecule has 0 aromatic carbocycles. The predicted molar refractivity (Wildman–Crippen MR) is 55.8 cm³/mol. The van der Waals surface area contributed by atoms with Crippen LogP contribution >= 0.6 is 0 Å². The van der Waals surface area contributed by atoms with Crippen molar-refractivity contribution in [2.24, 2.45) is 0 Å². The van der Waals surface area contributed by atoms with Gasteiger partial charge in [-0.1, -0.05) is 12.2 Å². The number of hydrogen-bond donors (Lipinski definition) is 0. The van der Waals surface area contributed by atoms with Gasteiger partial charge in [0.25, 0.3) is 0 Å². The van der Waals surface area contributed by atoms with Crippen LogP contribution in [0, 0.1) is 0 Å². The minimum Gasteiger partial charge on any atom is -0.305 e. The molecular weight excluding hydrogens is 237 g/mol. The third kappa shape index (κ3) is 3.61. The highest BCUT2D eigenvalue weighted by Crippen LogP contribution is 2.15. The second-order valence-electron chi connectivity index (χ2n) is 3.74. The van der Waals surface area contributed by atoms with E-state index in [0.29, 0.717) is 10.1 Å². The topological polar surface area (TPSA) is 44.0 Å². The van der Waals surface area contributed by atoms with Crippen LogP contribution in [0.4, 0.5) is 13.2 Å². The van der Waals surface area contributed by atoms with Crippen molar-refractivity contribution in [3.8, 4) is 0 Å². The molecule has 1 aromatic heterocycles. The van der Waals surface area contributed by atoms with Crippen LogP contribution in [0.2, 0.25) is 0 Å². The van der Waals surface area contributed by atoms with Crippen LogP contribution in [0.3, 0.4) is 0 Å². The van der Waals surface area contributed by atoms with Gasteiger partial charge in [0.2, 0.25) is 0 Å². The second kappa shape index (κ2) is 4.60. The van der Waals surface area contributed by atoms with Crippen LogP contribution in [-0.2, 0) is 13.1 Å². The van der Waals surface area contributed by atoms with Crippen LogP contribution in [0.25, 0.3) is 0 Å². The maximum absolute atomic E-state index is 12.1. The number of rotatable bonds is 3. The van der Waals surface area contributed by atoms with Crippen molar-refractivity contribution in [3.63, 3.8) is 0 Å². The van der Waals surface area contributed by atoms with Crippen molar-refractivity contribution >= 4 is 0 Å². The van der Waals surface area contributed by atoms with Crippen LogP contribution in [-0.4, -0.2) is 15.3 Å². The molecule has 17 heavy (non-hydrogen) atoms. The van der Waals surface area contributed by atoms with E-state index in [1.54, 1.807) is 6.92 Å². The van der Waals surface area contributed by atoms with Crippen LogP contribution in [0.15, 0.2) is 34.1 Å². The molecule has 7 heteroatoms. The molecule has 0 saturated carbocycles. The summed E-state index contributed by atoms with van der Waals surface area (Å²) in [7, 11) is 0. The average Bonchev–Trinajstić information content (AvgIpc) is 2.15. The predicted octanol–water partition coefficient (Wildman–Crippen LogP) is 1.15. The van der Waals surface area contributed by atoms with Gasteiger partial charge in [-0.05, 0) is 6.92 Å².